The monoisotopic (exact) mass is 416 g/mol. The predicted molar refractivity (Wildman–Crippen MR) is 108 cm³/mol. The number of rotatable bonds is 4. The van der Waals surface area contributed by atoms with Crippen molar-refractivity contribution in [1.29, 1.82) is 0 Å². The van der Waals surface area contributed by atoms with Crippen LogP contribution in [0.15, 0.2) is 60.0 Å². The van der Waals surface area contributed by atoms with Gasteiger partial charge in [-0.05, 0) is 29.6 Å². The highest BCUT2D eigenvalue weighted by atomic mass is 32.2. The Kier molecular flexibility index (Phi) is 5.15. The van der Waals surface area contributed by atoms with Crippen molar-refractivity contribution in [3.8, 4) is 0 Å². The highest BCUT2D eigenvalue weighted by molar-refractivity contribution is 8.00. The summed E-state index contributed by atoms with van der Waals surface area (Å²) in [6.45, 7) is 0. The molecule has 1 aliphatic rings. The number of para-hydroxylation sites is 1. The van der Waals surface area contributed by atoms with Gasteiger partial charge in [-0.3, -0.25) is 14.5 Å². The molecule has 1 fully saturated rings. The van der Waals surface area contributed by atoms with Crippen LogP contribution in [0, 0.1) is 11.6 Å². The van der Waals surface area contributed by atoms with Crippen molar-refractivity contribution < 1.29 is 18.4 Å². The van der Waals surface area contributed by atoms with Crippen LogP contribution in [0.25, 0.3) is 0 Å². The Morgan fingerprint density at radius 1 is 1.11 bits per heavy atom. The van der Waals surface area contributed by atoms with E-state index in [0.717, 1.165) is 12.1 Å². The Morgan fingerprint density at radius 3 is 2.68 bits per heavy atom. The molecule has 8 heteroatoms. The number of benzene rings is 2. The summed E-state index contributed by atoms with van der Waals surface area (Å²) in [4.78, 5) is 26.8. The molecule has 0 radical (unpaired) electrons. The lowest BCUT2D eigenvalue weighted by Crippen LogP contribution is -2.29. The van der Waals surface area contributed by atoms with Crippen LogP contribution < -0.4 is 10.2 Å². The zero-order valence-corrected chi connectivity index (χ0v) is 16.0. The Hall–Kier alpha value is -2.71. The Balaban J connectivity index is 1.70. The topological polar surface area (TPSA) is 49.4 Å². The standard InChI is InChI=1S/C20H14F2N2O2S2/c21-12-7-8-16(14(22)10-12)24-18(25)11-28-20(24)13-4-1-2-5-15(13)23-19(26)17-6-3-9-27-17/h1-10,20H,11H2,(H,23,26). The number of anilines is 2. The van der Waals surface area contributed by atoms with Crippen molar-refractivity contribution in [2.75, 3.05) is 16.0 Å². The molecule has 0 bridgehead atoms. The van der Waals surface area contributed by atoms with E-state index in [4.69, 9.17) is 0 Å². The van der Waals surface area contributed by atoms with Crippen LogP contribution in [-0.2, 0) is 4.79 Å². The van der Waals surface area contributed by atoms with E-state index in [0.29, 0.717) is 16.1 Å². The van der Waals surface area contributed by atoms with Crippen LogP contribution in [0.2, 0.25) is 0 Å². The molecule has 0 aliphatic carbocycles. The number of thioether (sulfide) groups is 1. The van der Waals surface area contributed by atoms with Gasteiger partial charge in [0.1, 0.15) is 17.0 Å². The first-order valence-corrected chi connectivity index (χ1v) is 10.3. The van der Waals surface area contributed by atoms with E-state index in [-0.39, 0.29) is 23.3 Å². The van der Waals surface area contributed by atoms with Gasteiger partial charge in [0.2, 0.25) is 5.91 Å². The SMILES string of the molecule is O=C(Nc1ccccc1C1SCC(=O)N1c1ccc(F)cc1F)c1cccs1. The Bertz CT molecular complexity index is 1040. The minimum Gasteiger partial charge on any atom is -0.321 e. The Labute approximate surface area is 168 Å². The molecule has 1 aromatic heterocycles. The molecule has 4 nitrogen and oxygen atoms in total. The van der Waals surface area contributed by atoms with Gasteiger partial charge in [0.15, 0.2) is 0 Å². The van der Waals surface area contributed by atoms with Crippen LogP contribution in [0.1, 0.15) is 20.6 Å². The molecule has 28 heavy (non-hydrogen) atoms. The van der Waals surface area contributed by atoms with Crippen LogP contribution in [0.4, 0.5) is 20.2 Å². The number of nitrogens with one attached hydrogen (secondary N) is 1. The fraction of sp³-hybridized carbons (Fsp3) is 0.100. The second-order valence-electron chi connectivity index (χ2n) is 6.04. The summed E-state index contributed by atoms with van der Waals surface area (Å²) >= 11 is 2.65. The average Bonchev–Trinajstić information content (AvgIpc) is 3.33. The van der Waals surface area contributed by atoms with Crippen molar-refractivity contribution in [3.63, 3.8) is 0 Å². The van der Waals surface area contributed by atoms with E-state index in [2.05, 4.69) is 5.32 Å². The van der Waals surface area contributed by atoms with E-state index in [1.807, 2.05) is 5.38 Å². The van der Waals surface area contributed by atoms with Crippen molar-refractivity contribution in [3.05, 3.63) is 82.1 Å². The molecular formula is C20H14F2N2O2S2. The summed E-state index contributed by atoms with van der Waals surface area (Å²) in [5.74, 6) is -1.88. The van der Waals surface area contributed by atoms with Gasteiger partial charge in [-0.15, -0.1) is 23.1 Å². The summed E-state index contributed by atoms with van der Waals surface area (Å²) in [7, 11) is 0. The fourth-order valence-electron chi connectivity index (χ4n) is 3.01. The second-order valence-corrected chi connectivity index (χ2v) is 8.06. The zero-order valence-electron chi connectivity index (χ0n) is 14.4. The molecule has 2 heterocycles. The maximum atomic E-state index is 14.3. The number of amides is 2. The maximum absolute atomic E-state index is 14.3. The Morgan fingerprint density at radius 2 is 1.93 bits per heavy atom. The lowest BCUT2D eigenvalue weighted by Gasteiger charge is -2.26. The summed E-state index contributed by atoms with van der Waals surface area (Å²) in [5.41, 5.74) is 1.23. The van der Waals surface area contributed by atoms with E-state index in [1.165, 1.54) is 34.1 Å². The summed E-state index contributed by atoms with van der Waals surface area (Å²) < 4.78 is 27.6. The van der Waals surface area contributed by atoms with Gasteiger partial charge in [-0.1, -0.05) is 24.3 Å². The summed E-state index contributed by atoms with van der Waals surface area (Å²) in [6.07, 6.45) is 0. The smallest absolute Gasteiger partial charge is 0.265 e. The van der Waals surface area contributed by atoms with Crippen LogP contribution >= 0.6 is 23.1 Å². The number of halogens is 2. The van der Waals surface area contributed by atoms with Gasteiger partial charge in [0, 0.05) is 17.3 Å². The van der Waals surface area contributed by atoms with Gasteiger partial charge in [-0.25, -0.2) is 8.78 Å². The number of carbonyl (C=O) groups excluding carboxylic acids is 2. The van der Waals surface area contributed by atoms with Gasteiger partial charge in [-0.2, -0.15) is 0 Å². The number of thiophene rings is 1. The molecule has 0 spiro atoms. The number of hydrogen-bond acceptors (Lipinski definition) is 4. The van der Waals surface area contributed by atoms with Gasteiger partial charge in [0.05, 0.1) is 16.3 Å². The normalized spacial score (nSPS) is 16.4. The third-order valence-electron chi connectivity index (χ3n) is 4.26. The van der Waals surface area contributed by atoms with Crippen LogP contribution in [-0.4, -0.2) is 17.6 Å². The average molecular weight is 416 g/mol. The maximum Gasteiger partial charge on any atom is 0.265 e. The summed E-state index contributed by atoms with van der Waals surface area (Å²) in [6, 6.07) is 13.7. The third-order valence-corrected chi connectivity index (χ3v) is 6.32. The van der Waals surface area contributed by atoms with E-state index in [1.54, 1.807) is 36.4 Å². The van der Waals surface area contributed by atoms with Crippen molar-refractivity contribution in [2.24, 2.45) is 0 Å². The molecule has 2 aromatic carbocycles. The molecule has 2 amide bonds. The first-order valence-electron chi connectivity index (χ1n) is 8.37. The largest absolute Gasteiger partial charge is 0.321 e. The fourth-order valence-corrected chi connectivity index (χ4v) is 4.83. The van der Waals surface area contributed by atoms with Gasteiger partial charge in [0.25, 0.3) is 5.91 Å². The van der Waals surface area contributed by atoms with Gasteiger partial charge < -0.3 is 5.32 Å². The molecule has 1 saturated heterocycles. The highest BCUT2D eigenvalue weighted by Gasteiger charge is 2.37. The number of nitrogens with zero attached hydrogens (tertiary/aromatic N) is 1. The van der Waals surface area contributed by atoms with Crippen molar-refractivity contribution in [2.45, 2.75) is 5.37 Å². The lowest BCUT2D eigenvalue weighted by atomic mass is 10.1. The number of carbonyl (C=O) groups is 2. The van der Waals surface area contributed by atoms with Crippen LogP contribution in [0.5, 0.6) is 0 Å². The van der Waals surface area contributed by atoms with Crippen molar-refractivity contribution >= 4 is 46.3 Å². The molecule has 1 atom stereocenters. The molecule has 1 aliphatic heterocycles. The quantitative estimate of drug-likeness (QED) is 0.647. The van der Waals surface area contributed by atoms with Crippen LogP contribution in [0.3, 0.4) is 0 Å². The zero-order chi connectivity index (χ0) is 19.7. The summed E-state index contributed by atoms with van der Waals surface area (Å²) in [5, 5.41) is 4.14. The molecule has 0 saturated carbocycles. The first kappa shape index (κ1) is 18.6. The molecule has 1 N–H and O–H groups in total. The minimum atomic E-state index is -0.805. The van der Waals surface area contributed by atoms with E-state index >= 15 is 0 Å². The highest BCUT2D eigenvalue weighted by Crippen LogP contribution is 2.45. The van der Waals surface area contributed by atoms with Crippen molar-refractivity contribution in [1.82, 2.24) is 0 Å². The third kappa shape index (κ3) is 3.53. The first-order chi connectivity index (χ1) is 13.5. The lowest BCUT2D eigenvalue weighted by molar-refractivity contribution is -0.115. The minimum absolute atomic E-state index is 0.0146. The van der Waals surface area contributed by atoms with E-state index < -0.39 is 17.0 Å². The molecular weight excluding hydrogens is 402 g/mol. The predicted octanol–water partition coefficient (Wildman–Crippen LogP) is 5.06. The van der Waals surface area contributed by atoms with E-state index in [9.17, 15) is 18.4 Å². The molecule has 3 aromatic rings. The molecule has 1 unspecified atom stereocenters. The number of hydrogen-bond donors (Lipinski definition) is 1. The molecule has 4 rings (SSSR count). The second kappa shape index (κ2) is 7.73. The molecule has 142 valence electrons. The van der Waals surface area contributed by atoms with Gasteiger partial charge >= 0.3 is 0 Å².